The summed E-state index contributed by atoms with van der Waals surface area (Å²) in [6.07, 6.45) is 5.73. The largest absolute Gasteiger partial charge is 0.255 e. The van der Waals surface area contributed by atoms with Gasteiger partial charge in [0.05, 0.1) is 11.4 Å². The fourth-order valence-corrected chi connectivity index (χ4v) is 2.54. The Labute approximate surface area is 103 Å². The van der Waals surface area contributed by atoms with E-state index in [9.17, 15) is 0 Å². The van der Waals surface area contributed by atoms with Crippen LogP contribution in [0.3, 0.4) is 0 Å². The highest BCUT2D eigenvalue weighted by atomic mass is 33.1. The SMILES string of the molecule is CSSCc1ccnc(-c2ccccn2)c1. The van der Waals surface area contributed by atoms with Gasteiger partial charge in [0.1, 0.15) is 0 Å². The smallest absolute Gasteiger partial charge is 0.0889 e. The predicted octanol–water partition coefficient (Wildman–Crippen LogP) is 3.65. The summed E-state index contributed by atoms with van der Waals surface area (Å²) in [5, 5.41) is 0. The molecule has 0 bridgehead atoms. The molecule has 0 unspecified atom stereocenters. The molecule has 2 nitrogen and oxygen atoms in total. The van der Waals surface area contributed by atoms with Crippen molar-refractivity contribution in [2.45, 2.75) is 5.75 Å². The lowest BCUT2D eigenvalue weighted by Gasteiger charge is -2.02. The summed E-state index contributed by atoms with van der Waals surface area (Å²) < 4.78 is 0. The summed E-state index contributed by atoms with van der Waals surface area (Å²) in [5.74, 6) is 1.00. The molecule has 4 heteroatoms. The third-order valence-corrected chi connectivity index (χ3v) is 3.84. The van der Waals surface area contributed by atoms with Gasteiger partial charge in [-0.05, 0) is 36.1 Å². The Morgan fingerprint density at radius 2 is 1.94 bits per heavy atom. The molecule has 0 amide bonds. The van der Waals surface area contributed by atoms with Gasteiger partial charge in [-0.25, -0.2) is 0 Å². The van der Waals surface area contributed by atoms with E-state index in [2.05, 4.69) is 28.4 Å². The van der Waals surface area contributed by atoms with E-state index >= 15 is 0 Å². The zero-order valence-electron chi connectivity index (χ0n) is 8.96. The topological polar surface area (TPSA) is 25.8 Å². The zero-order chi connectivity index (χ0) is 11.2. The quantitative estimate of drug-likeness (QED) is 0.771. The Morgan fingerprint density at radius 3 is 2.69 bits per heavy atom. The summed E-state index contributed by atoms with van der Waals surface area (Å²) in [7, 11) is 3.61. The van der Waals surface area contributed by atoms with E-state index in [4.69, 9.17) is 0 Å². The second-order valence-electron chi connectivity index (χ2n) is 3.19. The fourth-order valence-electron chi connectivity index (χ4n) is 1.35. The Balaban J connectivity index is 2.22. The predicted molar refractivity (Wildman–Crippen MR) is 72.3 cm³/mol. The number of nitrogens with zero attached hydrogens (tertiary/aromatic N) is 2. The second-order valence-corrected chi connectivity index (χ2v) is 5.76. The van der Waals surface area contributed by atoms with Crippen LogP contribution in [0.1, 0.15) is 5.56 Å². The van der Waals surface area contributed by atoms with E-state index in [0.29, 0.717) is 0 Å². The lowest BCUT2D eigenvalue weighted by atomic mass is 10.2. The number of aromatic nitrogens is 2. The Morgan fingerprint density at radius 1 is 1.06 bits per heavy atom. The Kier molecular flexibility index (Phi) is 4.25. The minimum absolute atomic E-state index is 0.929. The van der Waals surface area contributed by atoms with Gasteiger partial charge in [0.25, 0.3) is 0 Å². The number of hydrogen-bond donors (Lipinski definition) is 0. The van der Waals surface area contributed by atoms with Crippen molar-refractivity contribution in [1.82, 2.24) is 9.97 Å². The molecule has 0 aliphatic heterocycles. The van der Waals surface area contributed by atoms with Crippen molar-refractivity contribution in [2.24, 2.45) is 0 Å². The average Bonchev–Trinajstić information content (AvgIpc) is 2.38. The summed E-state index contributed by atoms with van der Waals surface area (Å²) >= 11 is 0. The summed E-state index contributed by atoms with van der Waals surface area (Å²) in [6.45, 7) is 0. The number of rotatable bonds is 4. The molecule has 0 fully saturated rings. The Hall–Kier alpha value is -1.00. The van der Waals surface area contributed by atoms with Crippen LogP contribution in [-0.2, 0) is 5.75 Å². The van der Waals surface area contributed by atoms with Gasteiger partial charge >= 0.3 is 0 Å². The monoisotopic (exact) mass is 248 g/mol. The molecule has 0 radical (unpaired) electrons. The van der Waals surface area contributed by atoms with E-state index in [1.807, 2.05) is 35.2 Å². The number of hydrogen-bond acceptors (Lipinski definition) is 4. The zero-order valence-corrected chi connectivity index (χ0v) is 10.6. The molecule has 2 rings (SSSR count). The van der Waals surface area contributed by atoms with Crippen LogP contribution in [0, 0.1) is 0 Å². The van der Waals surface area contributed by atoms with Crippen molar-refractivity contribution in [3.63, 3.8) is 0 Å². The minimum Gasteiger partial charge on any atom is -0.255 e. The van der Waals surface area contributed by atoms with Gasteiger partial charge in [-0.1, -0.05) is 27.7 Å². The van der Waals surface area contributed by atoms with Gasteiger partial charge in [0.2, 0.25) is 0 Å². The van der Waals surface area contributed by atoms with Crippen LogP contribution >= 0.6 is 21.6 Å². The highest BCUT2D eigenvalue weighted by molar-refractivity contribution is 8.76. The molecule has 0 aliphatic rings. The maximum atomic E-state index is 4.34. The van der Waals surface area contributed by atoms with Crippen LogP contribution in [0.5, 0.6) is 0 Å². The maximum Gasteiger partial charge on any atom is 0.0889 e. The van der Waals surface area contributed by atoms with Crippen LogP contribution in [-0.4, -0.2) is 16.2 Å². The first kappa shape index (κ1) is 11.5. The van der Waals surface area contributed by atoms with E-state index in [1.54, 1.807) is 17.0 Å². The molecule has 16 heavy (non-hydrogen) atoms. The molecule has 2 heterocycles. The van der Waals surface area contributed by atoms with Crippen LogP contribution in [0.25, 0.3) is 11.4 Å². The van der Waals surface area contributed by atoms with E-state index < -0.39 is 0 Å². The van der Waals surface area contributed by atoms with Gasteiger partial charge in [0, 0.05) is 18.1 Å². The molecule has 0 saturated carbocycles. The molecular weight excluding hydrogens is 236 g/mol. The van der Waals surface area contributed by atoms with Crippen LogP contribution in [0.4, 0.5) is 0 Å². The lowest BCUT2D eigenvalue weighted by molar-refractivity contribution is 1.22. The summed E-state index contributed by atoms with van der Waals surface area (Å²) in [4.78, 5) is 8.64. The minimum atomic E-state index is 0.929. The van der Waals surface area contributed by atoms with Gasteiger partial charge in [-0.3, -0.25) is 9.97 Å². The van der Waals surface area contributed by atoms with Crippen LogP contribution < -0.4 is 0 Å². The lowest BCUT2D eigenvalue weighted by Crippen LogP contribution is -1.88. The summed E-state index contributed by atoms with van der Waals surface area (Å²) in [6, 6.07) is 10.0. The van der Waals surface area contributed by atoms with E-state index in [-0.39, 0.29) is 0 Å². The molecule has 0 N–H and O–H groups in total. The summed E-state index contributed by atoms with van der Waals surface area (Å²) in [5.41, 5.74) is 3.16. The molecule has 0 spiro atoms. The molecule has 0 aromatic carbocycles. The molecule has 0 saturated heterocycles. The Bertz CT molecular complexity index is 446. The van der Waals surface area contributed by atoms with Crippen molar-refractivity contribution in [1.29, 1.82) is 0 Å². The van der Waals surface area contributed by atoms with Crippen LogP contribution in [0.15, 0.2) is 42.7 Å². The molecular formula is C12H12N2S2. The first-order chi connectivity index (χ1) is 7.90. The first-order valence-corrected chi connectivity index (χ1v) is 7.65. The van der Waals surface area contributed by atoms with E-state index in [1.165, 1.54) is 5.56 Å². The molecule has 2 aromatic rings. The normalized spacial score (nSPS) is 10.3. The average molecular weight is 248 g/mol. The van der Waals surface area contributed by atoms with Crippen molar-refractivity contribution in [3.8, 4) is 11.4 Å². The van der Waals surface area contributed by atoms with Gasteiger partial charge in [-0.2, -0.15) is 0 Å². The highest BCUT2D eigenvalue weighted by Crippen LogP contribution is 2.24. The third-order valence-electron chi connectivity index (χ3n) is 2.10. The molecule has 0 aliphatic carbocycles. The van der Waals surface area contributed by atoms with Crippen molar-refractivity contribution in [2.75, 3.05) is 6.26 Å². The highest BCUT2D eigenvalue weighted by Gasteiger charge is 2.01. The van der Waals surface area contributed by atoms with Crippen molar-refractivity contribution in [3.05, 3.63) is 48.3 Å². The fraction of sp³-hybridized carbons (Fsp3) is 0.167. The van der Waals surface area contributed by atoms with Crippen molar-refractivity contribution >= 4 is 21.6 Å². The number of pyridine rings is 2. The standard InChI is InChI=1S/C12H12N2S2/c1-15-16-9-10-5-7-14-12(8-10)11-4-2-3-6-13-11/h2-8H,9H2,1H3. The van der Waals surface area contributed by atoms with Crippen LogP contribution in [0.2, 0.25) is 0 Å². The van der Waals surface area contributed by atoms with Gasteiger partial charge in [-0.15, -0.1) is 0 Å². The first-order valence-electron chi connectivity index (χ1n) is 4.92. The maximum absolute atomic E-state index is 4.34. The second kappa shape index (κ2) is 5.92. The third kappa shape index (κ3) is 3.00. The van der Waals surface area contributed by atoms with E-state index in [0.717, 1.165) is 17.1 Å². The molecule has 0 atom stereocenters. The van der Waals surface area contributed by atoms with Gasteiger partial charge in [0.15, 0.2) is 0 Å². The van der Waals surface area contributed by atoms with Gasteiger partial charge < -0.3 is 0 Å². The van der Waals surface area contributed by atoms with Crippen molar-refractivity contribution < 1.29 is 0 Å². The molecule has 2 aromatic heterocycles. The molecule has 82 valence electrons.